The average Bonchev–Trinajstić information content (AvgIpc) is 3.03. The van der Waals surface area contributed by atoms with Crippen molar-refractivity contribution < 1.29 is 27.9 Å². The molecule has 0 radical (unpaired) electrons. The highest BCUT2D eigenvalue weighted by molar-refractivity contribution is 5.79. The molecule has 0 unspecified atom stereocenters. The molecule has 0 fully saturated rings. The van der Waals surface area contributed by atoms with Gasteiger partial charge in [-0.15, -0.1) is 0 Å². The highest BCUT2D eigenvalue weighted by atomic mass is 19.1. The molecule has 0 saturated carbocycles. The first kappa shape index (κ1) is 16.9. The summed E-state index contributed by atoms with van der Waals surface area (Å²) >= 11 is 0. The maximum Gasteiger partial charge on any atom is 0.180 e. The van der Waals surface area contributed by atoms with Gasteiger partial charge in [-0.2, -0.15) is 0 Å². The quantitative estimate of drug-likeness (QED) is 0.761. The zero-order valence-corrected chi connectivity index (χ0v) is 13.5. The fraction of sp³-hybridized carbons (Fsp3) is 0.167. The molecule has 0 aliphatic heterocycles. The highest BCUT2D eigenvalue weighted by Crippen LogP contribution is 2.42. The van der Waals surface area contributed by atoms with E-state index >= 15 is 0 Å². The van der Waals surface area contributed by atoms with Crippen LogP contribution in [0.2, 0.25) is 0 Å². The van der Waals surface area contributed by atoms with Crippen molar-refractivity contribution in [3.63, 3.8) is 0 Å². The summed E-state index contributed by atoms with van der Waals surface area (Å²) in [6.07, 6.45) is 0. The van der Waals surface area contributed by atoms with Gasteiger partial charge < -0.3 is 19.1 Å². The minimum Gasteiger partial charge on any atom is -0.496 e. The van der Waals surface area contributed by atoms with Crippen LogP contribution in [-0.2, 0) is 6.61 Å². The number of nitrogens with zero attached hydrogens (tertiary/aromatic N) is 1. The summed E-state index contributed by atoms with van der Waals surface area (Å²) in [7, 11) is 2.96. The van der Waals surface area contributed by atoms with E-state index in [0.29, 0.717) is 17.1 Å². The Labute approximate surface area is 142 Å². The van der Waals surface area contributed by atoms with Crippen LogP contribution in [0.1, 0.15) is 5.56 Å². The van der Waals surface area contributed by atoms with Crippen molar-refractivity contribution in [2.75, 3.05) is 14.2 Å². The molecule has 1 aromatic heterocycles. The Kier molecular flexibility index (Phi) is 4.67. The number of aliphatic hydroxyl groups is 1. The van der Waals surface area contributed by atoms with E-state index in [-0.39, 0.29) is 22.6 Å². The van der Waals surface area contributed by atoms with Crippen molar-refractivity contribution >= 4 is 0 Å². The van der Waals surface area contributed by atoms with Crippen molar-refractivity contribution in [2.45, 2.75) is 6.61 Å². The zero-order chi connectivity index (χ0) is 18.0. The van der Waals surface area contributed by atoms with Gasteiger partial charge in [0, 0.05) is 11.6 Å². The van der Waals surface area contributed by atoms with Crippen LogP contribution in [0.15, 0.2) is 40.9 Å². The molecule has 0 saturated heterocycles. The van der Waals surface area contributed by atoms with Crippen LogP contribution in [0.4, 0.5) is 8.78 Å². The minimum absolute atomic E-state index is 0.142. The van der Waals surface area contributed by atoms with Crippen LogP contribution < -0.4 is 9.47 Å². The molecule has 0 atom stereocenters. The molecule has 5 nitrogen and oxygen atoms in total. The number of halogens is 2. The van der Waals surface area contributed by atoms with E-state index in [1.165, 1.54) is 14.2 Å². The van der Waals surface area contributed by atoms with E-state index in [0.717, 1.165) is 18.2 Å². The van der Waals surface area contributed by atoms with Crippen LogP contribution in [0.3, 0.4) is 0 Å². The Balaban J connectivity index is 2.23. The molecule has 3 rings (SSSR count). The Bertz CT molecular complexity index is 866. The molecule has 0 bridgehead atoms. The average molecular weight is 347 g/mol. The topological polar surface area (TPSA) is 64.7 Å². The molecule has 130 valence electrons. The lowest BCUT2D eigenvalue weighted by Gasteiger charge is -2.11. The molecular weight excluding hydrogens is 332 g/mol. The van der Waals surface area contributed by atoms with Gasteiger partial charge in [-0.3, -0.25) is 0 Å². The van der Waals surface area contributed by atoms with Gasteiger partial charge in [0.25, 0.3) is 0 Å². The van der Waals surface area contributed by atoms with Gasteiger partial charge >= 0.3 is 0 Å². The second-order valence-electron chi connectivity index (χ2n) is 5.19. The Morgan fingerprint density at radius 2 is 1.64 bits per heavy atom. The lowest BCUT2D eigenvalue weighted by Crippen LogP contribution is -1.95. The van der Waals surface area contributed by atoms with Crippen LogP contribution in [0.5, 0.6) is 11.5 Å². The van der Waals surface area contributed by atoms with Crippen molar-refractivity contribution in [1.82, 2.24) is 5.16 Å². The molecule has 2 aromatic carbocycles. The standard InChI is InChI=1S/C18H15F2NO4/c1-23-14-4-3-5-15(24-2)16(14)18-13(9-22)17(21-25-18)10-6-11(19)8-12(20)7-10/h3-8,22H,9H2,1-2H3. The van der Waals surface area contributed by atoms with Crippen molar-refractivity contribution in [3.8, 4) is 34.1 Å². The van der Waals surface area contributed by atoms with Gasteiger partial charge in [0.2, 0.25) is 0 Å². The number of aliphatic hydroxyl groups excluding tert-OH is 1. The van der Waals surface area contributed by atoms with Gasteiger partial charge in [-0.25, -0.2) is 8.78 Å². The second-order valence-corrected chi connectivity index (χ2v) is 5.19. The molecule has 0 amide bonds. The number of hydrogen-bond donors (Lipinski definition) is 1. The number of benzene rings is 2. The van der Waals surface area contributed by atoms with Gasteiger partial charge in [0.15, 0.2) is 5.76 Å². The van der Waals surface area contributed by atoms with E-state index in [9.17, 15) is 13.9 Å². The van der Waals surface area contributed by atoms with E-state index in [1.807, 2.05) is 0 Å². The molecular formula is C18H15F2NO4. The van der Waals surface area contributed by atoms with E-state index in [1.54, 1.807) is 18.2 Å². The summed E-state index contributed by atoms with van der Waals surface area (Å²) in [5.74, 6) is -0.405. The molecule has 1 heterocycles. The van der Waals surface area contributed by atoms with E-state index in [4.69, 9.17) is 14.0 Å². The molecule has 0 aliphatic rings. The first-order valence-electron chi connectivity index (χ1n) is 7.36. The maximum absolute atomic E-state index is 13.5. The molecule has 0 spiro atoms. The third kappa shape index (κ3) is 3.06. The van der Waals surface area contributed by atoms with E-state index in [2.05, 4.69) is 5.16 Å². The van der Waals surface area contributed by atoms with Gasteiger partial charge in [0.05, 0.1) is 26.4 Å². The summed E-state index contributed by atoms with van der Waals surface area (Å²) in [5, 5.41) is 13.7. The number of hydrogen-bond acceptors (Lipinski definition) is 5. The van der Waals surface area contributed by atoms with Crippen molar-refractivity contribution in [3.05, 3.63) is 53.6 Å². The number of methoxy groups -OCH3 is 2. The van der Waals surface area contributed by atoms with Crippen molar-refractivity contribution in [2.24, 2.45) is 0 Å². The summed E-state index contributed by atoms with van der Waals surface area (Å²) in [6, 6.07) is 8.12. The predicted molar refractivity (Wildman–Crippen MR) is 86.3 cm³/mol. The monoisotopic (exact) mass is 347 g/mol. The van der Waals surface area contributed by atoms with Gasteiger partial charge in [-0.1, -0.05) is 11.2 Å². The fourth-order valence-electron chi connectivity index (χ4n) is 2.64. The minimum atomic E-state index is -0.752. The Hall–Kier alpha value is -2.93. The molecule has 0 aliphatic carbocycles. The molecule has 3 aromatic rings. The summed E-state index contributed by atoms with van der Waals surface area (Å²) < 4.78 is 43.1. The lowest BCUT2D eigenvalue weighted by molar-refractivity contribution is 0.281. The first-order valence-corrected chi connectivity index (χ1v) is 7.36. The van der Waals surface area contributed by atoms with E-state index < -0.39 is 18.2 Å². The predicted octanol–water partition coefficient (Wildman–Crippen LogP) is 3.80. The second kappa shape index (κ2) is 6.90. The Morgan fingerprint density at radius 1 is 1.04 bits per heavy atom. The van der Waals surface area contributed by atoms with Gasteiger partial charge in [-0.05, 0) is 24.3 Å². The number of rotatable bonds is 5. The first-order chi connectivity index (χ1) is 12.1. The van der Waals surface area contributed by atoms with Gasteiger partial charge in [0.1, 0.15) is 34.4 Å². The third-order valence-electron chi connectivity index (χ3n) is 3.74. The van der Waals surface area contributed by atoms with Crippen molar-refractivity contribution in [1.29, 1.82) is 0 Å². The zero-order valence-electron chi connectivity index (χ0n) is 13.5. The summed E-state index contributed by atoms with van der Waals surface area (Å²) in [5.41, 5.74) is 1.02. The Morgan fingerprint density at radius 3 is 2.16 bits per heavy atom. The summed E-state index contributed by atoms with van der Waals surface area (Å²) in [6.45, 7) is -0.451. The SMILES string of the molecule is COc1cccc(OC)c1-c1onc(-c2cc(F)cc(F)c2)c1CO. The highest BCUT2D eigenvalue weighted by Gasteiger charge is 2.24. The van der Waals surface area contributed by atoms with Crippen LogP contribution in [-0.4, -0.2) is 24.5 Å². The van der Waals surface area contributed by atoms with Crippen LogP contribution in [0, 0.1) is 11.6 Å². The largest absolute Gasteiger partial charge is 0.496 e. The normalized spacial score (nSPS) is 10.8. The molecule has 1 N–H and O–H groups in total. The van der Waals surface area contributed by atoms with Crippen LogP contribution >= 0.6 is 0 Å². The summed E-state index contributed by atoms with van der Waals surface area (Å²) in [4.78, 5) is 0. The van der Waals surface area contributed by atoms with Crippen LogP contribution in [0.25, 0.3) is 22.6 Å². The lowest BCUT2D eigenvalue weighted by atomic mass is 10.0. The maximum atomic E-state index is 13.5. The number of ether oxygens (including phenoxy) is 2. The third-order valence-corrected chi connectivity index (χ3v) is 3.74. The fourth-order valence-corrected chi connectivity index (χ4v) is 2.64. The molecule has 7 heteroatoms. The number of aromatic nitrogens is 1. The smallest absolute Gasteiger partial charge is 0.180 e. The molecule has 25 heavy (non-hydrogen) atoms.